The van der Waals surface area contributed by atoms with E-state index in [1.165, 1.54) is 0 Å². The summed E-state index contributed by atoms with van der Waals surface area (Å²) in [6.45, 7) is 11.1. The van der Waals surface area contributed by atoms with E-state index in [-0.39, 0.29) is 18.0 Å². The summed E-state index contributed by atoms with van der Waals surface area (Å²) in [5.41, 5.74) is 0.665. The highest BCUT2D eigenvalue weighted by molar-refractivity contribution is 5.85. The third-order valence-corrected chi connectivity index (χ3v) is 2.64. The Morgan fingerprint density at radius 1 is 1.32 bits per heavy atom. The fourth-order valence-corrected chi connectivity index (χ4v) is 1.73. The monoisotopic (exact) mass is 309 g/mol. The quantitative estimate of drug-likeness (QED) is 0.542. The van der Waals surface area contributed by atoms with E-state index in [1.54, 1.807) is 0 Å². The lowest BCUT2D eigenvalue weighted by Gasteiger charge is -2.20. The molecule has 0 bridgehead atoms. The van der Waals surface area contributed by atoms with Crippen LogP contribution in [0.4, 0.5) is 0 Å². The summed E-state index contributed by atoms with van der Waals surface area (Å²) in [5, 5.41) is 13.0. The molecule has 0 spiro atoms. The molecule has 0 saturated heterocycles. The maximum Gasteiger partial charge on any atom is 0.242 e. The SMILES string of the molecule is CCNC(=NCC(=O)NC(C)(C)C)NCc1cc(CC)no1. The molecule has 0 aromatic carbocycles. The molecule has 22 heavy (non-hydrogen) atoms. The summed E-state index contributed by atoms with van der Waals surface area (Å²) in [7, 11) is 0. The minimum atomic E-state index is -0.255. The number of hydrogen-bond acceptors (Lipinski definition) is 4. The molecule has 0 fully saturated rings. The van der Waals surface area contributed by atoms with Crippen molar-refractivity contribution in [3.8, 4) is 0 Å². The smallest absolute Gasteiger partial charge is 0.242 e. The van der Waals surface area contributed by atoms with Crippen LogP contribution in [0.1, 0.15) is 46.1 Å². The molecule has 1 aromatic rings. The lowest BCUT2D eigenvalue weighted by atomic mass is 10.1. The van der Waals surface area contributed by atoms with E-state index in [1.807, 2.05) is 40.7 Å². The molecule has 0 radical (unpaired) electrons. The molecule has 1 rings (SSSR count). The van der Waals surface area contributed by atoms with Gasteiger partial charge >= 0.3 is 0 Å². The summed E-state index contributed by atoms with van der Waals surface area (Å²) in [6, 6.07) is 1.91. The summed E-state index contributed by atoms with van der Waals surface area (Å²) in [4.78, 5) is 16.0. The van der Waals surface area contributed by atoms with Crippen molar-refractivity contribution in [3.05, 3.63) is 17.5 Å². The molecule has 1 aromatic heterocycles. The van der Waals surface area contributed by atoms with Gasteiger partial charge in [0.15, 0.2) is 11.7 Å². The number of aliphatic imine (C=N–C) groups is 1. The number of nitrogens with one attached hydrogen (secondary N) is 3. The Kier molecular flexibility index (Phi) is 6.88. The van der Waals surface area contributed by atoms with Crippen LogP contribution in [0.5, 0.6) is 0 Å². The zero-order chi connectivity index (χ0) is 16.6. The average Bonchev–Trinajstić information content (AvgIpc) is 2.88. The first-order valence-electron chi connectivity index (χ1n) is 7.61. The van der Waals surface area contributed by atoms with E-state index in [4.69, 9.17) is 4.52 Å². The van der Waals surface area contributed by atoms with Gasteiger partial charge in [0, 0.05) is 18.2 Å². The van der Waals surface area contributed by atoms with Crippen molar-refractivity contribution in [2.45, 2.75) is 53.1 Å². The first-order valence-corrected chi connectivity index (χ1v) is 7.61. The molecule has 0 aliphatic carbocycles. The number of carbonyl (C=O) groups excluding carboxylic acids is 1. The molecule has 0 unspecified atom stereocenters. The summed E-state index contributed by atoms with van der Waals surface area (Å²) in [5.74, 6) is 1.19. The van der Waals surface area contributed by atoms with E-state index in [9.17, 15) is 4.79 Å². The van der Waals surface area contributed by atoms with E-state index in [0.717, 1.165) is 17.9 Å². The number of rotatable bonds is 6. The van der Waals surface area contributed by atoms with Crippen molar-refractivity contribution in [1.82, 2.24) is 21.1 Å². The number of amides is 1. The van der Waals surface area contributed by atoms with Crippen molar-refractivity contribution in [2.75, 3.05) is 13.1 Å². The molecular weight excluding hydrogens is 282 g/mol. The zero-order valence-corrected chi connectivity index (χ0v) is 14.1. The van der Waals surface area contributed by atoms with Gasteiger partial charge in [-0.15, -0.1) is 0 Å². The number of carbonyl (C=O) groups is 1. The average molecular weight is 309 g/mol. The molecule has 7 heteroatoms. The highest BCUT2D eigenvalue weighted by atomic mass is 16.5. The summed E-state index contributed by atoms with van der Waals surface area (Å²) in [6.07, 6.45) is 0.838. The first kappa shape index (κ1) is 18.0. The maximum absolute atomic E-state index is 11.8. The van der Waals surface area contributed by atoms with Crippen LogP contribution in [0.25, 0.3) is 0 Å². The highest BCUT2D eigenvalue weighted by Crippen LogP contribution is 2.03. The Morgan fingerprint density at radius 2 is 2.05 bits per heavy atom. The van der Waals surface area contributed by atoms with Gasteiger partial charge in [0.05, 0.1) is 12.2 Å². The normalized spacial score (nSPS) is 12.1. The van der Waals surface area contributed by atoms with Gasteiger partial charge in [-0.1, -0.05) is 12.1 Å². The van der Waals surface area contributed by atoms with Crippen molar-refractivity contribution in [3.63, 3.8) is 0 Å². The van der Waals surface area contributed by atoms with Gasteiger partial charge in [-0.3, -0.25) is 4.79 Å². The number of nitrogens with zero attached hydrogens (tertiary/aromatic N) is 2. The standard InChI is InChI=1S/C15H27N5O2/c1-6-11-8-12(22-20-11)9-17-14(16-7-2)18-10-13(21)19-15(3,4)5/h8H,6-7,9-10H2,1-5H3,(H,19,21)(H2,16,17,18). The molecule has 0 aliphatic heterocycles. The van der Waals surface area contributed by atoms with Gasteiger partial charge in [0.1, 0.15) is 6.54 Å². The van der Waals surface area contributed by atoms with Crippen LogP contribution in [-0.4, -0.2) is 35.7 Å². The van der Waals surface area contributed by atoms with E-state index in [2.05, 4.69) is 26.1 Å². The van der Waals surface area contributed by atoms with Crippen molar-refractivity contribution in [2.24, 2.45) is 4.99 Å². The lowest BCUT2D eigenvalue weighted by molar-refractivity contribution is -0.121. The van der Waals surface area contributed by atoms with Gasteiger partial charge in [-0.05, 0) is 34.1 Å². The van der Waals surface area contributed by atoms with E-state index >= 15 is 0 Å². The fourth-order valence-electron chi connectivity index (χ4n) is 1.73. The predicted molar refractivity (Wildman–Crippen MR) is 86.6 cm³/mol. The van der Waals surface area contributed by atoms with Crippen LogP contribution in [0.3, 0.4) is 0 Å². The Balaban J connectivity index is 2.53. The van der Waals surface area contributed by atoms with Crippen LogP contribution in [0.15, 0.2) is 15.6 Å². The van der Waals surface area contributed by atoms with E-state index < -0.39 is 0 Å². The third-order valence-electron chi connectivity index (χ3n) is 2.64. The molecule has 7 nitrogen and oxygen atoms in total. The molecule has 1 heterocycles. The van der Waals surface area contributed by atoms with Gasteiger partial charge in [0.2, 0.25) is 5.91 Å². The summed E-state index contributed by atoms with van der Waals surface area (Å²) < 4.78 is 5.20. The Bertz CT molecular complexity index is 502. The Morgan fingerprint density at radius 3 is 2.59 bits per heavy atom. The molecule has 0 aliphatic rings. The van der Waals surface area contributed by atoms with Crippen LogP contribution >= 0.6 is 0 Å². The molecule has 0 atom stereocenters. The molecule has 1 amide bonds. The van der Waals surface area contributed by atoms with Crippen molar-refractivity contribution >= 4 is 11.9 Å². The van der Waals surface area contributed by atoms with Gasteiger partial charge in [-0.2, -0.15) is 0 Å². The molecule has 3 N–H and O–H groups in total. The first-order chi connectivity index (χ1) is 10.3. The lowest BCUT2D eigenvalue weighted by Crippen LogP contribution is -2.43. The largest absolute Gasteiger partial charge is 0.359 e. The molecular formula is C15H27N5O2. The number of aryl methyl sites for hydroxylation is 1. The minimum absolute atomic E-state index is 0.0726. The van der Waals surface area contributed by atoms with Crippen molar-refractivity contribution in [1.29, 1.82) is 0 Å². The minimum Gasteiger partial charge on any atom is -0.359 e. The number of guanidine groups is 1. The maximum atomic E-state index is 11.8. The van der Waals surface area contributed by atoms with Gasteiger partial charge < -0.3 is 20.5 Å². The van der Waals surface area contributed by atoms with Crippen molar-refractivity contribution < 1.29 is 9.32 Å². The number of hydrogen-bond donors (Lipinski definition) is 3. The second-order valence-electron chi connectivity index (χ2n) is 5.99. The topological polar surface area (TPSA) is 91.5 Å². The van der Waals surface area contributed by atoms with E-state index in [0.29, 0.717) is 19.0 Å². The fraction of sp³-hybridized carbons (Fsp3) is 0.667. The van der Waals surface area contributed by atoms with Crippen LogP contribution < -0.4 is 16.0 Å². The number of aromatic nitrogens is 1. The van der Waals surface area contributed by atoms with Gasteiger partial charge in [0.25, 0.3) is 0 Å². The summed E-state index contributed by atoms with van der Waals surface area (Å²) >= 11 is 0. The second-order valence-corrected chi connectivity index (χ2v) is 5.99. The molecule has 0 saturated carbocycles. The van der Waals surface area contributed by atoms with Crippen LogP contribution in [0.2, 0.25) is 0 Å². The van der Waals surface area contributed by atoms with Crippen LogP contribution in [0, 0.1) is 0 Å². The second kappa shape index (κ2) is 8.41. The van der Waals surface area contributed by atoms with Gasteiger partial charge in [-0.25, -0.2) is 4.99 Å². The molecule has 124 valence electrons. The predicted octanol–water partition coefficient (Wildman–Crippen LogP) is 1.21. The third kappa shape index (κ3) is 7.10. The Labute approximate surface area is 131 Å². The highest BCUT2D eigenvalue weighted by Gasteiger charge is 2.13. The zero-order valence-electron chi connectivity index (χ0n) is 14.1. The van der Waals surface area contributed by atoms with Crippen LogP contribution in [-0.2, 0) is 17.8 Å². The Hall–Kier alpha value is -2.05.